The van der Waals surface area contributed by atoms with Crippen LogP contribution in [0.4, 0.5) is 0 Å². The van der Waals surface area contributed by atoms with Crippen LogP contribution in [0.25, 0.3) is 0 Å². The van der Waals surface area contributed by atoms with Crippen LogP contribution in [-0.4, -0.2) is 57.4 Å². The molecule has 160 valence electrons. The predicted octanol–water partition coefficient (Wildman–Crippen LogP) is 2.31. The number of ether oxygens (including phenoxy) is 1. The predicted molar refractivity (Wildman–Crippen MR) is 112 cm³/mol. The average molecular weight is 432 g/mol. The number of aryl methyl sites for hydroxylation is 2. The van der Waals surface area contributed by atoms with Crippen LogP contribution in [0.15, 0.2) is 24.4 Å². The minimum Gasteiger partial charge on any atom is -0.493 e. The molecule has 1 fully saturated rings. The zero-order valence-electron chi connectivity index (χ0n) is 17.0. The molecule has 0 aliphatic carbocycles. The molecular formula is C21H26ClN5O3. The maximum atomic E-state index is 13.0. The molecule has 8 nitrogen and oxygen atoms in total. The van der Waals surface area contributed by atoms with E-state index in [1.165, 1.54) is 0 Å². The van der Waals surface area contributed by atoms with Crippen molar-refractivity contribution in [2.45, 2.75) is 45.2 Å². The molecule has 4 heterocycles. The maximum Gasteiger partial charge on any atom is 0.255 e. The third kappa shape index (κ3) is 4.75. The topological polar surface area (TPSA) is 89.3 Å². The van der Waals surface area contributed by atoms with Crippen molar-refractivity contribution in [3.8, 4) is 5.75 Å². The second kappa shape index (κ2) is 9.04. The van der Waals surface area contributed by atoms with Gasteiger partial charge in [0.1, 0.15) is 5.75 Å². The van der Waals surface area contributed by atoms with E-state index in [9.17, 15) is 9.59 Å². The lowest BCUT2D eigenvalue weighted by Crippen LogP contribution is -2.51. The molecule has 9 heteroatoms. The summed E-state index contributed by atoms with van der Waals surface area (Å²) in [7, 11) is 0. The highest BCUT2D eigenvalue weighted by Crippen LogP contribution is 2.25. The van der Waals surface area contributed by atoms with Crippen molar-refractivity contribution in [2.24, 2.45) is 5.92 Å². The van der Waals surface area contributed by atoms with E-state index in [1.54, 1.807) is 22.9 Å². The van der Waals surface area contributed by atoms with Gasteiger partial charge in [-0.05, 0) is 30.5 Å². The fourth-order valence-corrected chi connectivity index (χ4v) is 4.16. The van der Waals surface area contributed by atoms with E-state index >= 15 is 0 Å². The van der Waals surface area contributed by atoms with Crippen molar-refractivity contribution in [3.05, 3.63) is 40.7 Å². The number of fused-ring (bicyclic) bond motifs is 8. The summed E-state index contributed by atoms with van der Waals surface area (Å²) in [6.45, 7) is 4.37. The summed E-state index contributed by atoms with van der Waals surface area (Å²) < 4.78 is 7.65. The summed E-state index contributed by atoms with van der Waals surface area (Å²) in [5, 5.41) is 11.9. The number of carbonyl (C=O) groups is 2. The third-order valence-electron chi connectivity index (χ3n) is 5.73. The fraction of sp³-hybridized carbons (Fsp3) is 0.524. The monoisotopic (exact) mass is 431 g/mol. The largest absolute Gasteiger partial charge is 0.493 e. The second-order valence-electron chi connectivity index (χ2n) is 8.00. The summed E-state index contributed by atoms with van der Waals surface area (Å²) in [4.78, 5) is 27.5. The van der Waals surface area contributed by atoms with Gasteiger partial charge >= 0.3 is 0 Å². The van der Waals surface area contributed by atoms with E-state index in [2.05, 4.69) is 22.6 Å². The molecule has 30 heavy (non-hydrogen) atoms. The van der Waals surface area contributed by atoms with Crippen molar-refractivity contribution in [1.29, 1.82) is 0 Å². The molecule has 4 bridgehead atoms. The van der Waals surface area contributed by atoms with E-state index < -0.39 is 0 Å². The van der Waals surface area contributed by atoms with Crippen molar-refractivity contribution in [2.75, 3.05) is 19.7 Å². The lowest BCUT2D eigenvalue weighted by atomic mass is 9.93. The number of hydrogen-bond acceptors (Lipinski definition) is 5. The third-order valence-corrected chi connectivity index (χ3v) is 5.97. The second-order valence-corrected chi connectivity index (χ2v) is 8.44. The first-order valence-corrected chi connectivity index (χ1v) is 10.8. The summed E-state index contributed by atoms with van der Waals surface area (Å²) in [6, 6.07) is 5.06. The van der Waals surface area contributed by atoms with E-state index in [0.717, 1.165) is 12.1 Å². The van der Waals surface area contributed by atoms with E-state index in [4.69, 9.17) is 16.3 Å². The molecular weight excluding hydrogens is 406 g/mol. The molecule has 2 atom stereocenters. The lowest BCUT2D eigenvalue weighted by molar-refractivity contribution is -0.133. The van der Waals surface area contributed by atoms with Crippen LogP contribution >= 0.6 is 11.6 Å². The Balaban J connectivity index is 1.57. The van der Waals surface area contributed by atoms with Crippen molar-refractivity contribution >= 4 is 23.4 Å². The molecule has 0 unspecified atom stereocenters. The molecule has 2 aromatic rings. The summed E-state index contributed by atoms with van der Waals surface area (Å²) >= 11 is 6.13. The van der Waals surface area contributed by atoms with E-state index in [-0.39, 0.29) is 23.8 Å². The Kier molecular flexibility index (Phi) is 6.22. The zero-order valence-corrected chi connectivity index (χ0v) is 17.8. The Morgan fingerprint density at radius 1 is 1.23 bits per heavy atom. The van der Waals surface area contributed by atoms with Crippen LogP contribution in [0.3, 0.4) is 0 Å². The van der Waals surface area contributed by atoms with Gasteiger partial charge in [0, 0.05) is 56.2 Å². The number of nitrogens with one attached hydrogen (secondary N) is 1. The van der Waals surface area contributed by atoms with Crippen molar-refractivity contribution in [1.82, 2.24) is 25.2 Å². The van der Waals surface area contributed by atoms with E-state index in [0.29, 0.717) is 61.8 Å². The van der Waals surface area contributed by atoms with Gasteiger partial charge in [-0.15, -0.1) is 5.10 Å². The SMILES string of the molecule is C[C@H]1CN2CC[C@H]1NC(=O)c1ccc(Cl)cc1OCCCn1cc(nn1)CCC2=O. The number of piperidine rings is 1. The maximum absolute atomic E-state index is 13.0. The Bertz CT molecular complexity index is 931. The van der Waals surface area contributed by atoms with Gasteiger partial charge in [0.2, 0.25) is 5.91 Å². The number of halogens is 1. The quantitative estimate of drug-likeness (QED) is 0.691. The van der Waals surface area contributed by atoms with Gasteiger partial charge in [-0.2, -0.15) is 0 Å². The van der Waals surface area contributed by atoms with Crippen LogP contribution in [0.1, 0.15) is 42.2 Å². The zero-order chi connectivity index (χ0) is 21.1. The molecule has 0 saturated carbocycles. The molecule has 0 radical (unpaired) electrons. The lowest BCUT2D eigenvalue weighted by Gasteiger charge is -2.37. The number of rotatable bonds is 0. The Morgan fingerprint density at radius 2 is 2.10 bits per heavy atom. The number of aromatic nitrogens is 3. The van der Waals surface area contributed by atoms with Gasteiger partial charge in [0.25, 0.3) is 5.91 Å². The van der Waals surface area contributed by atoms with Crippen LogP contribution in [-0.2, 0) is 17.8 Å². The van der Waals surface area contributed by atoms with Crippen LogP contribution in [0.5, 0.6) is 5.75 Å². The minimum atomic E-state index is -0.180. The Labute approximate surface area is 180 Å². The molecule has 1 saturated heterocycles. The summed E-state index contributed by atoms with van der Waals surface area (Å²) in [5.41, 5.74) is 1.28. The fourth-order valence-electron chi connectivity index (χ4n) is 4.00. The molecule has 3 aliphatic rings. The molecule has 5 rings (SSSR count). The van der Waals surface area contributed by atoms with Crippen LogP contribution in [0, 0.1) is 5.92 Å². The molecule has 1 aromatic heterocycles. The highest BCUT2D eigenvalue weighted by Gasteiger charge is 2.30. The van der Waals surface area contributed by atoms with Gasteiger partial charge in [0.05, 0.1) is 17.9 Å². The number of nitrogens with zero attached hydrogens (tertiary/aromatic N) is 4. The van der Waals surface area contributed by atoms with Crippen molar-refractivity contribution in [3.63, 3.8) is 0 Å². The van der Waals surface area contributed by atoms with Crippen LogP contribution in [0.2, 0.25) is 5.02 Å². The Morgan fingerprint density at radius 3 is 2.93 bits per heavy atom. The Hall–Kier alpha value is -2.61. The minimum absolute atomic E-state index is 0.00357. The molecule has 3 aliphatic heterocycles. The van der Waals surface area contributed by atoms with Gasteiger partial charge in [0.15, 0.2) is 0 Å². The standard InChI is InChI=1S/C21H26ClN5O3/c1-14-12-26-9-7-18(14)23-21(29)17-5-3-15(22)11-19(17)30-10-2-8-27-13-16(24-25-27)4-6-20(26)28/h3,5,11,13-14,18H,2,4,6-10,12H2,1H3,(H,23,29)/t14-,18+/m0/s1. The highest BCUT2D eigenvalue weighted by atomic mass is 35.5. The van der Waals surface area contributed by atoms with Crippen molar-refractivity contribution < 1.29 is 14.3 Å². The highest BCUT2D eigenvalue weighted by molar-refractivity contribution is 6.30. The number of benzene rings is 1. The van der Waals surface area contributed by atoms with Crippen LogP contribution < -0.4 is 10.1 Å². The van der Waals surface area contributed by atoms with Gasteiger partial charge in [-0.25, -0.2) is 0 Å². The normalized spacial score (nSPS) is 23.2. The number of carbonyl (C=O) groups excluding carboxylic acids is 2. The van der Waals surface area contributed by atoms with E-state index in [1.807, 2.05) is 11.1 Å². The number of hydrogen-bond donors (Lipinski definition) is 1. The molecule has 1 aromatic carbocycles. The first-order valence-electron chi connectivity index (χ1n) is 10.4. The van der Waals surface area contributed by atoms with Gasteiger partial charge in [-0.1, -0.05) is 23.7 Å². The van der Waals surface area contributed by atoms with Gasteiger partial charge in [-0.3, -0.25) is 14.3 Å². The first-order chi connectivity index (χ1) is 14.5. The first kappa shape index (κ1) is 20.7. The molecule has 2 amide bonds. The van der Waals surface area contributed by atoms with Gasteiger partial charge < -0.3 is 15.0 Å². The molecule has 0 spiro atoms. The molecule has 1 N–H and O–H groups in total. The summed E-state index contributed by atoms with van der Waals surface area (Å²) in [6.07, 6.45) is 4.29. The average Bonchev–Trinajstić information content (AvgIpc) is 3.18. The number of amides is 2. The summed E-state index contributed by atoms with van der Waals surface area (Å²) in [5.74, 6) is 0.569. The smallest absolute Gasteiger partial charge is 0.255 e.